The average molecular weight is 260 g/mol. The molecule has 0 unspecified atom stereocenters. The SMILES string of the molecule is NCC(=O)N1C[C@@H](c2ccccc2)O[C@@H](C2CC2)C1. The molecule has 102 valence electrons. The Balaban J connectivity index is 1.77. The molecule has 1 aromatic rings. The quantitative estimate of drug-likeness (QED) is 0.892. The van der Waals surface area contributed by atoms with E-state index in [0.29, 0.717) is 19.0 Å². The lowest BCUT2D eigenvalue weighted by Crippen LogP contribution is -2.49. The lowest BCUT2D eigenvalue weighted by atomic mass is 10.0. The molecule has 3 rings (SSSR count). The maximum Gasteiger partial charge on any atom is 0.236 e. The van der Waals surface area contributed by atoms with Crippen LogP contribution < -0.4 is 5.73 Å². The van der Waals surface area contributed by atoms with Gasteiger partial charge in [0.1, 0.15) is 6.10 Å². The molecule has 19 heavy (non-hydrogen) atoms. The number of hydrogen-bond acceptors (Lipinski definition) is 3. The van der Waals surface area contributed by atoms with Gasteiger partial charge < -0.3 is 15.4 Å². The molecule has 2 atom stereocenters. The summed E-state index contributed by atoms with van der Waals surface area (Å²) in [7, 11) is 0. The number of morpholine rings is 1. The lowest BCUT2D eigenvalue weighted by Gasteiger charge is -2.38. The van der Waals surface area contributed by atoms with Crippen LogP contribution in [0.5, 0.6) is 0 Å². The summed E-state index contributed by atoms with van der Waals surface area (Å²) in [6.45, 7) is 1.40. The Labute approximate surface area is 113 Å². The van der Waals surface area contributed by atoms with Crippen LogP contribution in [0.3, 0.4) is 0 Å². The molecule has 2 aliphatic rings. The number of rotatable bonds is 3. The topological polar surface area (TPSA) is 55.6 Å². The van der Waals surface area contributed by atoms with Gasteiger partial charge in [0.2, 0.25) is 5.91 Å². The summed E-state index contributed by atoms with van der Waals surface area (Å²) in [5.41, 5.74) is 6.63. The standard InChI is InChI=1S/C15H20N2O2/c16-8-15(18)17-9-13(11-4-2-1-3-5-11)19-14(10-17)12-6-7-12/h1-5,12-14H,6-10,16H2/t13-,14+/m0/s1. The molecule has 0 bridgehead atoms. The van der Waals surface area contributed by atoms with E-state index in [1.54, 1.807) is 0 Å². The Morgan fingerprint density at radius 3 is 2.63 bits per heavy atom. The van der Waals surface area contributed by atoms with Crippen molar-refractivity contribution in [3.63, 3.8) is 0 Å². The number of ether oxygens (including phenoxy) is 1. The summed E-state index contributed by atoms with van der Waals surface area (Å²) in [4.78, 5) is 13.7. The largest absolute Gasteiger partial charge is 0.366 e. The van der Waals surface area contributed by atoms with Crippen molar-refractivity contribution in [3.05, 3.63) is 35.9 Å². The van der Waals surface area contributed by atoms with Gasteiger partial charge in [-0.1, -0.05) is 30.3 Å². The van der Waals surface area contributed by atoms with E-state index in [-0.39, 0.29) is 24.7 Å². The summed E-state index contributed by atoms with van der Waals surface area (Å²) in [5.74, 6) is 0.648. The maximum absolute atomic E-state index is 11.9. The summed E-state index contributed by atoms with van der Waals surface area (Å²) >= 11 is 0. The zero-order valence-electron chi connectivity index (χ0n) is 11.0. The number of carbonyl (C=O) groups excluding carboxylic acids is 1. The molecule has 1 aliphatic carbocycles. The second-order valence-corrected chi connectivity index (χ2v) is 5.41. The van der Waals surface area contributed by atoms with Crippen LogP contribution in [0.4, 0.5) is 0 Å². The molecule has 2 fully saturated rings. The van der Waals surface area contributed by atoms with Crippen molar-refractivity contribution in [1.82, 2.24) is 4.90 Å². The van der Waals surface area contributed by atoms with E-state index in [4.69, 9.17) is 10.5 Å². The normalized spacial score (nSPS) is 27.3. The fourth-order valence-electron chi connectivity index (χ4n) is 2.70. The van der Waals surface area contributed by atoms with Crippen LogP contribution in [0.25, 0.3) is 0 Å². The van der Waals surface area contributed by atoms with Crippen molar-refractivity contribution in [1.29, 1.82) is 0 Å². The van der Waals surface area contributed by atoms with Crippen molar-refractivity contribution >= 4 is 5.91 Å². The van der Waals surface area contributed by atoms with Gasteiger partial charge in [0.15, 0.2) is 0 Å². The molecule has 1 aliphatic heterocycles. The highest BCUT2D eigenvalue weighted by Crippen LogP contribution is 2.39. The predicted octanol–water partition coefficient (Wildman–Crippen LogP) is 1.32. The monoisotopic (exact) mass is 260 g/mol. The van der Waals surface area contributed by atoms with E-state index in [9.17, 15) is 4.79 Å². The van der Waals surface area contributed by atoms with E-state index >= 15 is 0 Å². The molecule has 1 aromatic carbocycles. The number of carbonyl (C=O) groups is 1. The smallest absolute Gasteiger partial charge is 0.236 e. The van der Waals surface area contributed by atoms with Crippen LogP contribution in [-0.4, -0.2) is 36.5 Å². The molecule has 1 heterocycles. The Morgan fingerprint density at radius 2 is 2.00 bits per heavy atom. The first-order valence-electron chi connectivity index (χ1n) is 6.96. The molecule has 0 radical (unpaired) electrons. The highest BCUT2D eigenvalue weighted by atomic mass is 16.5. The molecule has 2 N–H and O–H groups in total. The molecule has 1 saturated heterocycles. The number of benzene rings is 1. The molecular formula is C15H20N2O2. The van der Waals surface area contributed by atoms with Crippen molar-refractivity contribution < 1.29 is 9.53 Å². The van der Waals surface area contributed by atoms with Crippen LogP contribution in [0.2, 0.25) is 0 Å². The van der Waals surface area contributed by atoms with Crippen LogP contribution in [0, 0.1) is 5.92 Å². The molecule has 0 aromatic heterocycles. The fourth-order valence-corrected chi connectivity index (χ4v) is 2.70. The highest BCUT2D eigenvalue weighted by Gasteiger charge is 2.39. The predicted molar refractivity (Wildman–Crippen MR) is 72.4 cm³/mol. The third-order valence-electron chi connectivity index (χ3n) is 3.97. The van der Waals surface area contributed by atoms with Gasteiger partial charge in [-0.25, -0.2) is 0 Å². The van der Waals surface area contributed by atoms with E-state index in [0.717, 1.165) is 5.56 Å². The molecule has 1 amide bonds. The molecular weight excluding hydrogens is 240 g/mol. The van der Waals surface area contributed by atoms with Crippen LogP contribution >= 0.6 is 0 Å². The summed E-state index contributed by atoms with van der Waals surface area (Å²) in [5, 5.41) is 0. The molecule has 0 spiro atoms. The summed E-state index contributed by atoms with van der Waals surface area (Å²) in [6.07, 6.45) is 2.60. The zero-order valence-corrected chi connectivity index (χ0v) is 11.0. The van der Waals surface area contributed by atoms with E-state index in [1.165, 1.54) is 12.8 Å². The Morgan fingerprint density at radius 1 is 1.26 bits per heavy atom. The first kappa shape index (κ1) is 12.6. The van der Waals surface area contributed by atoms with Crippen LogP contribution in [0.1, 0.15) is 24.5 Å². The second kappa shape index (κ2) is 5.31. The number of nitrogens with two attached hydrogens (primary N) is 1. The van der Waals surface area contributed by atoms with Gasteiger partial charge in [-0.3, -0.25) is 4.79 Å². The van der Waals surface area contributed by atoms with Gasteiger partial charge in [-0.15, -0.1) is 0 Å². The van der Waals surface area contributed by atoms with Gasteiger partial charge in [0.25, 0.3) is 0 Å². The van der Waals surface area contributed by atoms with Crippen molar-refractivity contribution in [2.75, 3.05) is 19.6 Å². The Bertz CT molecular complexity index is 445. The lowest BCUT2D eigenvalue weighted by molar-refractivity contribution is -0.146. The minimum atomic E-state index is -0.0175. The van der Waals surface area contributed by atoms with Gasteiger partial charge in [-0.05, 0) is 24.3 Å². The summed E-state index contributed by atoms with van der Waals surface area (Å²) in [6, 6.07) is 10.1. The average Bonchev–Trinajstić information content (AvgIpc) is 3.31. The summed E-state index contributed by atoms with van der Waals surface area (Å²) < 4.78 is 6.19. The number of amides is 1. The third kappa shape index (κ3) is 2.80. The first-order chi connectivity index (χ1) is 9.28. The number of nitrogens with zero attached hydrogens (tertiary/aromatic N) is 1. The van der Waals surface area contributed by atoms with Gasteiger partial charge in [0, 0.05) is 6.54 Å². The molecule has 1 saturated carbocycles. The van der Waals surface area contributed by atoms with Crippen LogP contribution in [0.15, 0.2) is 30.3 Å². The van der Waals surface area contributed by atoms with Crippen molar-refractivity contribution in [2.24, 2.45) is 11.7 Å². The van der Waals surface area contributed by atoms with Crippen LogP contribution in [-0.2, 0) is 9.53 Å². The first-order valence-corrected chi connectivity index (χ1v) is 6.96. The van der Waals surface area contributed by atoms with E-state index < -0.39 is 0 Å². The minimum Gasteiger partial charge on any atom is -0.366 e. The van der Waals surface area contributed by atoms with Gasteiger partial charge >= 0.3 is 0 Å². The third-order valence-corrected chi connectivity index (χ3v) is 3.97. The van der Waals surface area contributed by atoms with E-state index in [1.807, 2.05) is 23.1 Å². The van der Waals surface area contributed by atoms with Gasteiger partial charge in [0.05, 0.1) is 19.2 Å². The maximum atomic E-state index is 11.9. The van der Waals surface area contributed by atoms with E-state index in [2.05, 4.69) is 12.1 Å². The number of hydrogen-bond donors (Lipinski definition) is 1. The molecule has 4 heteroatoms. The fraction of sp³-hybridized carbons (Fsp3) is 0.533. The van der Waals surface area contributed by atoms with Gasteiger partial charge in [-0.2, -0.15) is 0 Å². The zero-order chi connectivity index (χ0) is 13.2. The Kier molecular flexibility index (Phi) is 3.53. The molecule has 4 nitrogen and oxygen atoms in total. The second-order valence-electron chi connectivity index (χ2n) is 5.41. The highest BCUT2D eigenvalue weighted by molar-refractivity contribution is 5.78. The van der Waals surface area contributed by atoms with Crippen molar-refractivity contribution in [2.45, 2.75) is 25.0 Å². The minimum absolute atomic E-state index is 0.0175. The van der Waals surface area contributed by atoms with Crippen molar-refractivity contribution in [3.8, 4) is 0 Å². The Hall–Kier alpha value is -1.39.